The minimum atomic E-state index is 0.308. The summed E-state index contributed by atoms with van der Waals surface area (Å²) < 4.78 is 5.73. The summed E-state index contributed by atoms with van der Waals surface area (Å²) in [4.78, 5) is 2.47. The Morgan fingerprint density at radius 2 is 2.17 bits per heavy atom. The first-order valence-electron chi connectivity index (χ1n) is 6.91. The van der Waals surface area contributed by atoms with Gasteiger partial charge in [0.15, 0.2) is 0 Å². The van der Waals surface area contributed by atoms with Gasteiger partial charge in [0, 0.05) is 19.1 Å². The molecule has 0 bridgehead atoms. The lowest BCUT2D eigenvalue weighted by molar-refractivity contribution is 0.137. The molecule has 0 aliphatic carbocycles. The fourth-order valence-corrected chi connectivity index (χ4v) is 2.53. The molecule has 0 spiro atoms. The van der Waals surface area contributed by atoms with Crippen molar-refractivity contribution in [1.29, 1.82) is 0 Å². The van der Waals surface area contributed by atoms with Crippen LogP contribution in [0, 0.1) is 5.92 Å². The van der Waals surface area contributed by atoms with Gasteiger partial charge >= 0.3 is 0 Å². The molecule has 0 saturated carbocycles. The molecule has 1 fully saturated rings. The van der Waals surface area contributed by atoms with Gasteiger partial charge in [-0.25, -0.2) is 0 Å². The van der Waals surface area contributed by atoms with E-state index in [1.807, 2.05) is 30.3 Å². The summed E-state index contributed by atoms with van der Waals surface area (Å²) in [5, 5.41) is 0. The van der Waals surface area contributed by atoms with Gasteiger partial charge in [-0.05, 0) is 44.4 Å². The molecule has 18 heavy (non-hydrogen) atoms. The van der Waals surface area contributed by atoms with E-state index in [1.165, 1.54) is 19.4 Å². The summed E-state index contributed by atoms with van der Waals surface area (Å²) >= 11 is 0. The standard InChI is InChI=1S/C15H24N2O/c1-13(16)14-6-5-9-17(12-14)10-11-18-15-7-3-2-4-8-15/h2-4,7-8,13-14H,5-6,9-12,16H2,1H3. The van der Waals surface area contributed by atoms with Gasteiger partial charge in [0.05, 0.1) is 0 Å². The zero-order valence-corrected chi connectivity index (χ0v) is 11.2. The third-order valence-electron chi connectivity index (χ3n) is 3.70. The average Bonchev–Trinajstić information content (AvgIpc) is 2.40. The Morgan fingerprint density at radius 3 is 2.89 bits per heavy atom. The Hall–Kier alpha value is -1.06. The molecule has 1 heterocycles. The van der Waals surface area contributed by atoms with Crippen LogP contribution in [-0.2, 0) is 0 Å². The number of ether oxygens (including phenoxy) is 1. The molecule has 100 valence electrons. The number of para-hydroxylation sites is 1. The highest BCUT2D eigenvalue weighted by Crippen LogP contribution is 2.18. The summed E-state index contributed by atoms with van der Waals surface area (Å²) in [5.41, 5.74) is 5.99. The molecule has 0 amide bonds. The van der Waals surface area contributed by atoms with Crippen LogP contribution in [0.1, 0.15) is 19.8 Å². The second-order valence-electron chi connectivity index (χ2n) is 5.22. The third-order valence-corrected chi connectivity index (χ3v) is 3.70. The molecule has 2 N–H and O–H groups in total. The van der Waals surface area contributed by atoms with Gasteiger partial charge in [0.1, 0.15) is 12.4 Å². The fraction of sp³-hybridized carbons (Fsp3) is 0.600. The maximum absolute atomic E-state index is 5.99. The first-order chi connectivity index (χ1) is 8.75. The highest BCUT2D eigenvalue weighted by atomic mass is 16.5. The number of hydrogen-bond donors (Lipinski definition) is 1. The van der Waals surface area contributed by atoms with Gasteiger partial charge in [-0.3, -0.25) is 4.90 Å². The topological polar surface area (TPSA) is 38.5 Å². The van der Waals surface area contributed by atoms with Crippen molar-refractivity contribution in [3.05, 3.63) is 30.3 Å². The van der Waals surface area contributed by atoms with Gasteiger partial charge < -0.3 is 10.5 Å². The summed E-state index contributed by atoms with van der Waals surface area (Å²) in [7, 11) is 0. The van der Waals surface area contributed by atoms with Gasteiger partial charge in [0.2, 0.25) is 0 Å². The van der Waals surface area contributed by atoms with Gasteiger partial charge in [0.25, 0.3) is 0 Å². The van der Waals surface area contributed by atoms with Crippen LogP contribution in [0.4, 0.5) is 0 Å². The van der Waals surface area contributed by atoms with Crippen LogP contribution in [-0.4, -0.2) is 37.2 Å². The van der Waals surface area contributed by atoms with Crippen LogP contribution in [0.2, 0.25) is 0 Å². The predicted octanol–water partition coefficient (Wildman–Crippen LogP) is 2.12. The second-order valence-corrected chi connectivity index (χ2v) is 5.22. The smallest absolute Gasteiger partial charge is 0.119 e. The number of benzene rings is 1. The predicted molar refractivity (Wildman–Crippen MR) is 74.8 cm³/mol. The lowest BCUT2D eigenvalue weighted by Crippen LogP contribution is -2.43. The van der Waals surface area contributed by atoms with E-state index in [9.17, 15) is 0 Å². The lowest BCUT2D eigenvalue weighted by Gasteiger charge is -2.34. The van der Waals surface area contributed by atoms with Gasteiger partial charge in [-0.15, -0.1) is 0 Å². The number of piperidine rings is 1. The third kappa shape index (κ3) is 4.00. The average molecular weight is 248 g/mol. The quantitative estimate of drug-likeness (QED) is 0.867. The van der Waals surface area contributed by atoms with E-state index in [4.69, 9.17) is 10.5 Å². The molecule has 1 aromatic rings. The minimum Gasteiger partial charge on any atom is -0.492 e. The largest absolute Gasteiger partial charge is 0.492 e. The molecule has 1 saturated heterocycles. The number of nitrogens with two attached hydrogens (primary N) is 1. The Kier molecular flexibility index (Phi) is 5.02. The van der Waals surface area contributed by atoms with Crippen LogP contribution >= 0.6 is 0 Å². The van der Waals surface area contributed by atoms with E-state index >= 15 is 0 Å². The molecule has 2 rings (SSSR count). The van der Waals surface area contributed by atoms with Crippen molar-refractivity contribution in [1.82, 2.24) is 4.90 Å². The Bertz CT molecular complexity index is 340. The molecular formula is C15H24N2O. The zero-order valence-electron chi connectivity index (χ0n) is 11.2. The molecule has 1 aliphatic rings. The van der Waals surface area contributed by atoms with Crippen molar-refractivity contribution in [2.75, 3.05) is 26.2 Å². The molecule has 3 nitrogen and oxygen atoms in total. The Morgan fingerprint density at radius 1 is 1.39 bits per heavy atom. The van der Waals surface area contributed by atoms with E-state index in [2.05, 4.69) is 11.8 Å². The molecular weight excluding hydrogens is 224 g/mol. The molecule has 0 radical (unpaired) electrons. The van der Waals surface area contributed by atoms with E-state index < -0.39 is 0 Å². The van der Waals surface area contributed by atoms with Crippen LogP contribution in [0.5, 0.6) is 5.75 Å². The maximum Gasteiger partial charge on any atom is 0.119 e. The van der Waals surface area contributed by atoms with E-state index in [-0.39, 0.29) is 0 Å². The highest BCUT2D eigenvalue weighted by Gasteiger charge is 2.22. The monoisotopic (exact) mass is 248 g/mol. The molecule has 2 atom stereocenters. The lowest BCUT2D eigenvalue weighted by atomic mass is 9.92. The van der Waals surface area contributed by atoms with Crippen LogP contribution in [0.25, 0.3) is 0 Å². The molecule has 1 aromatic carbocycles. The van der Waals surface area contributed by atoms with E-state index in [1.54, 1.807) is 0 Å². The summed E-state index contributed by atoms with van der Waals surface area (Å²) in [5.74, 6) is 1.61. The molecule has 1 aliphatic heterocycles. The first-order valence-corrected chi connectivity index (χ1v) is 6.91. The summed E-state index contributed by atoms with van der Waals surface area (Å²) in [6, 6.07) is 10.3. The Labute approximate surface area is 110 Å². The van der Waals surface area contributed by atoms with Crippen LogP contribution in [0.3, 0.4) is 0 Å². The van der Waals surface area contributed by atoms with Crippen molar-refractivity contribution in [3.8, 4) is 5.75 Å². The van der Waals surface area contributed by atoms with Crippen molar-refractivity contribution in [2.24, 2.45) is 11.7 Å². The van der Waals surface area contributed by atoms with E-state index in [0.29, 0.717) is 12.0 Å². The number of likely N-dealkylation sites (tertiary alicyclic amines) is 1. The molecule has 2 unspecified atom stereocenters. The molecule has 3 heteroatoms. The minimum absolute atomic E-state index is 0.308. The van der Waals surface area contributed by atoms with Gasteiger partial charge in [-0.2, -0.15) is 0 Å². The summed E-state index contributed by atoms with van der Waals surface area (Å²) in [6.45, 7) is 6.18. The van der Waals surface area contributed by atoms with Crippen molar-refractivity contribution >= 4 is 0 Å². The zero-order chi connectivity index (χ0) is 12.8. The number of rotatable bonds is 5. The van der Waals surface area contributed by atoms with Crippen molar-refractivity contribution in [2.45, 2.75) is 25.8 Å². The van der Waals surface area contributed by atoms with E-state index in [0.717, 1.165) is 25.4 Å². The second kappa shape index (κ2) is 6.76. The van der Waals surface area contributed by atoms with Crippen LogP contribution in [0.15, 0.2) is 30.3 Å². The number of nitrogens with zero attached hydrogens (tertiary/aromatic N) is 1. The fourth-order valence-electron chi connectivity index (χ4n) is 2.53. The Balaban J connectivity index is 1.70. The number of hydrogen-bond acceptors (Lipinski definition) is 3. The molecule has 0 aromatic heterocycles. The van der Waals surface area contributed by atoms with Crippen molar-refractivity contribution < 1.29 is 4.74 Å². The SMILES string of the molecule is CC(N)C1CCCN(CCOc2ccccc2)C1. The van der Waals surface area contributed by atoms with Crippen LogP contribution < -0.4 is 10.5 Å². The maximum atomic E-state index is 5.99. The van der Waals surface area contributed by atoms with Gasteiger partial charge in [-0.1, -0.05) is 18.2 Å². The highest BCUT2D eigenvalue weighted by molar-refractivity contribution is 5.20. The van der Waals surface area contributed by atoms with Crippen molar-refractivity contribution in [3.63, 3.8) is 0 Å². The normalized spacial score (nSPS) is 22.7. The summed E-state index contributed by atoms with van der Waals surface area (Å²) in [6.07, 6.45) is 2.53. The first kappa shape index (κ1) is 13.4.